The number of amides is 1. The summed E-state index contributed by atoms with van der Waals surface area (Å²) in [5.74, 6) is 1.33. The van der Waals surface area contributed by atoms with Gasteiger partial charge in [0.25, 0.3) is 0 Å². The third kappa shape index (κ3) is 7.64. The van der Waals surface area contributed by atoms with E-state index in [4.69, 9.17) is 18.9 Å². The minimum Gasteiger partial charge on any atom is -0.496 e. The Labute approximate surface area is 250 Å². The predicted molar refractivity (Wildman–Crippen MR) is 168 cm³/mol. The number of anilines is 1. The molecule has 0 bridgehead atoms. The molecule has 0 saturated heterocycles. The number of esters is 1. The van der Waals surface area contributed by atoms with Crippen molar-refractivity contribution in [2.75, 3.05) is 39.4 Å². The number of ether oxygens (including phenoxy) is 4. The first-order chi connectivity index (χ1) is 19.9. The average Bonchev–Trinajstić information content (AvgIpc) is 2.97. The Kier molecular flexibility index (Phi) is 11.0. The molecule has 0 fully saturated rings. The SMILES string of the molecule is CCOC(=O)C(Cc1ccc(-c2c(OC)cccc2OC)cc1)c1ccc(OC)c(N(CC(C)C)C(=O)C(C)(C)C)c1. The van der Waals surface area contributed by atoms with Crippen LogP contribution in [0.4, 0.5) is 5.69 Å². The van der Waals surface area contributed by atoms with Crippen molar-refractivity contribution in [3.63, 3.8) is 0 Å². The van der Waals surface area contributed by atoms with Crippen molar-refractivity contribution in [2.24, 2.45) is 11.3 Å². The van der Waals surface area contributed by atoms with Crippen LogP contribution in [0.5, 0.6) is 17.2 Å². The Bertz CT molecular complexity index is 1330. The first kappa shape index (κ1) is 32.5. The monoisotopic (exact) mass is 575 g/mol. The normalized spacial score (nSPS) is 12.0. The van der Waals surface area contributed by atoms with Gasteiger partial charge in [-0.1, -0.05) is 71.0 Å². The molecule has 226 valence electrons. The lowest BCUT2D eigenvalue weighted by Gasteiger charge is -2.32. The lowest BCUT2D eigenvalue weighted by Crippen LogP contribution is -2.42. The second-order valence-electron chi connectivity index (χ2n) is 11.7. The number of carbonyl (C=O) groups excluding carboxylic acids is 2. The second-order valence-corrected chi connectivity index (χ2v) is 11.7. The summed E-state index contributed by atoms with van der Waals surface area (Å²) < 4.78 is 22.4. The molecule has 1 atom stereocenters. The Hall–Kier alpha value is -4.00. The van der Waals surface area contributed by atoms with Crippen molar-refractivity contribution in [3.8, 4) is 28.4 Å². The smallest absolute Gasteiger partial charge is 0.313 e. The van der Waals surface area contributed by atoms with Gasteiger partial charge in [0.05, 0.1) is 45.1 Å². The predicted octanol–water partition coefficient (Wildman–Crippen LogP) is 7.30. The van der Waals surface area contributed by atoms with Gasteiger partial charge in [-0.25, -0.2) is 0 Å². The maximum absolute atomic E-state index is 13.6. The molecule has 1 amide bonds. The maximum Gasteiger partial charge on any atom is 0.313 e. The molecule has 0 saturated carbocycles. The van der Waals surface area contributed by atoms with Crippen LogP contribution in [0.3, 0.4) is 0 Å². The molecule has 7 nitrogen and oxygen atoms in total. The van der Waals surface area contributed by atoms with Crippen LogP contribution in [0.15, 0.2) is 60.7 Å². The van der Waals surface area contributed by atoms with Crippen molar-refractivity contribution in [1.29, 1.82) is 0 Å². The van der Waals surface area contributed by atoms with E-state index in [1.165, 1.54) is 0 Å². The molecule has 0 N–H and O–H groups in total. The molecule has 0 aliphatic rings. The molecule has 3 aromatic carbocycles. The molecule has 0 aromatic heterocycles. The number of hydrogen-bond donors (Lipinski definition) is 0. The van der Waals surface area contributed by atoms with Gasteiger partial charge in [0.15, 0.2) is 0 Å². The molecular formula is C35H45NO6. The number of carbonyl (C=O) groups is 2. The zero-order valence-electron chi connectivity index (χ0n) is 26.4. The average molecular weight is 576 g/mol. The topological polar surface area (TPSA) is 74.3 Å². The van der Waals surface area contributed by atoms with Gasteiger partial charge in [-0.3, -0.25) is 9.59 Å². The Morgan fingerprint density at radius 3 is 1.93 bits per heavy atom. The largest absolute Gasteiger partial charge is 0.496 e. The van der Waals surface area contributed by atoms with E-state index in [0.29, 0.717) is 35.9 Å². The van der Waals surface area contributed by atoms with Gasteiger partial charge in [0.1, 0.15) is 17.2 Å². The second kappa shape index (κ2) is 14.3. The van der Waals surface area contributed by atoms with Gasteiger partial charge in [-0.15, -0.1) is 0 Å². The summed E-state index contributed by atoms with van der Waals surface area (Å²) in [5.41, 5.74) is 3.59. The Balaban J connectivity index is 2.05. The minimum absolute atomic E-state index is 0.0123. The fourth-order valence-electron chi connectivity index (χ4n) is 4.95. The van der Waals surface area contributed by atoms with Crippen molar-refractivity contribution in [2.45, 2.75) is 53.9 Å². The van der Waals surface area contributed by atoms with Crippen molar-refractivity contribution in [3.05, 3.63) is 71.8 Å². The van der Waals surface area contributed by atoms with E-state index in [1.54, 1.807) is 33.2 Å². The highest BCUT2D eigenvalue weighted by Crippen LogP contribution is 2.39. The molecule has 0 spiro atoms. The summed E-state index contributed by atoms with van der Waals surface area (Å²) >= 11 is 0. The van der Waals surface area contributed by atoms with E-state index in [2.05, 4.69) is 13.8 Å². The number of rotatable bonds is 12. The van der Waals surface area contributed by atoms with E-state index in [-0.39, 0.29) is 24.4 Å². The molecule has 3 rings (SSSR count). The van der Waals surface area contributed by atoms with Crippen LogP contribution < -0.4 is 19.1 Å². The minimum atomic E-state index is -0.595. The Morgan fingerprint density at radius 2 is 1.43 bits per heavy atom. The van der Waals surface area contributed by atoms with Gasteiger partial charge in [0, 0.05) is 12.0 Å². The van der Waals surface area contributed by atoms with E-state index in [1.807, 2.05) is 81.4 Å². The molecule has 3 aromatic rings. The fraction of sp³-hybridized carbons (Fsp3) is 0.429. The standard InChI is InChI=1S/C35H45NO6/c1-10-42-33(37)27(20-24-14-16-25(17-15-24)32-30(40-8)12-11-13-31(32)41-9)26-18-19-29(39-7)28(21-26)36(22-23(2)3)34(38)35(4,5)6/h11-19,21,23,27H,10,20,22H2,1-9H3. The summed E-state index contributed by atoms with van der Waals surface area (Å²) in [6.07, 6.45) is 0.422. The van der Waals surface area contributed by atoms with Crippen LogP contribution in [0.25, 0.3) is 11.1 Å². The zero-order chi connectivity index (χ0) is 31.0. The summed E-state index contributed by atoms with van der Waals surface area (Å²) in [4.78, 5) is 28.7. The third-order valence-electron chi connectivity index (χ3n) is 7.01. The van der Waals surface area contributed by atoms with Gasteiger partial charge in [-0.2, -0.15) is 0 Å². The van der Waals surface area contributed by atoms with Gasteiger partial charge in [0.2, 0.25) is 5.91 Å². The molecule has 0 aliphatic heterocycles. The van der Waals surface area contributed by atoms with E-state index >= 15 is 0 Å². The van der Waals surface area contributed by atoms with Crippen LogP contribution in [0.2, 0.25) is 0 Å². The first-order valence-corrected chi connectivity index (χ1v) is 14.4. The van der Waals surface area contributed by atoms with Gasteiger partial charge in [-0.05, 0) is 60.2 Å². The number of nitrogens with zero attached hydrogens (tertiary/aromatic N) is 1. The van der Waals surface area contributed by atoms with Gasteiger partial charge < -0.3 is 23.8 Å². The fourth-order valence-corrected chi connectivity index (χ4v) is 4.95. The number of methoxy groups -OCH3 is 3. The summed E-state index contributed by atoms with van der Waals surface area (Å²) in [7, 11) is 4.86. The van der Waals surface area contributed by atoms with Crippen molar-refractivity contribution >= 4 is 17.6 Å². The highest BCUT2D eigenvalue weighted by atomic mass is 16.5. The summed E-state index contributed by atoms with van der Waals surface area (Å²) in [6, 6.07) is 19.3. The van der Waals surface area contributed by atoms with Crippen LogP contribution in [-0.2, 0) is 20.7 Å². The summed E-state index contributed by atoms with van der Waals surface area (Å²) in [6.45, 7) is 12.5. The molecular weight excluding hydrogens is 530 g/mol. The van der Waals surface area contributed by atoms with Crippen LogP contribution >= 0.6 is 0 Å². The molecule has 0 radical (unpaired) electrons. The molecule has 42 heavy (non-hydrogen) atoms. The van der Waals surface area contributed by atoms with Crippen molar-refractivity contribution < 1.29 is 28.5 Å². The van der Waals surface area contributed by atoms with Crippen LogP contribution in [0.1, 0.15) is 58.6 Å². The highest BCUT2D eigenvalue weighted by Gasteiger charge is 2.32. The molecule has 0 heterocycles. The first-order valence-electron chi connectivity index (χ1n) is 14.4. The number of hydrogen-bond acceptors (Lipinski definition) is 6. The third-order valence-corrected chi connectivity index (χ3v) is 7.01. The molecule has 1 unspecified atom stereocenters. The van der Waals surface area contributed by atoms with Crippen LogP contribution in [0, 0.1) is 11.3 Å². The molecule has 0 aliphatic carbocycles. The van der Waals surface area contributed by atoms with E-state index in [9.17, 15) is 9.59 Å². The van der Waals surface area contributed by atoms with Crippen molar-refractivity contribution in [1.82, 2.24) is 0 Å². The summed E-state index contributed by atoms with van der Waals surface area (Å²) in [5, 5.41) is 0. The Morgan fingerprint density at radius 1 is 0.833 bits per heavy atom. The lowest BCUT2D eigenvalue weighted by atomic mass is 9.89. The lowest BCUT2D eigenvalue weighted by molar-refractivity contribution is -0.145. The number of benzene rings is 3. The maximum atomic E-state index is 13.6. The van der Waals surface area contributed by atoms with Gasteiger partial charge >= 0.3 is 5.97 Å². The highest BCUT2D eigenvalue weighted by molar-refractivity contribution is 5.98. The van der Waals surface area contributed by atoms with E-state index < -0.39 is 11.3 Å². The quantitative estimate of drug-likeness (QED) is 0.211. The molecule has 7 heteroatoms. The zero-order valence-corrected chi connectivity index (χ0v) is 26.4. The van der Waals surface area contributed by atoms with E-state index in [0.717, 1.165) is 22.3 Å². The van der Waals surface area contributed by atoms with Crippen LogP contribution in [-0.4, -0.2) is 46.4 Å².